The number of hydrogen-bond donors (Lipinski definition) is 0. The van der Waals surface area contributed by atoms with E-state index < -0.39 is 27.1 Å². The average molecular weight is 484 g/mol. The molecule has 0 N–H and O–H groups in total. The van der Waals surface area contributed by atoms with Crippen LogP contribution < -0.4 is 0 Å². The van der Waals surface area contributed by atoms with Crippen LogP contribution in [0, 0.1) is 17.0 Å². The van der Waals surface area contributed by atoms with Crippen molar-refractivity contribution in [1.29, 1.82) is 0 Å². The standard InChI is InChI=1S/C26H27F2N3O2S/c1-4-31(34(32,33)17-9-6-5-7-10-17)16-26-14-13-19(25(26,2)3)18-15-22(29-30-24(18)26)23-20(27)11-8-12-21(23)28/h5-12,15,19H,4,13-14,16H2,1-3H3/t19-,26-/m0/s1. The summed E-state index contributed by atoms with van der Waals surface area (Å²) in [7, 11) is -3.70. The minimum absolute atomic E-state index is 0.102. The summed E-state index contributed by atoms with van der Waals surface area (Å²) in [6.45, 7) is 6.71. The van der Waals surface area contributed by atoms with Crippen molar-refractivity contribution in [2.45, 2.75) is 49.8 Å². The van der Waals surface area contributed by atoms with Crippen molar-refractivity contribution in [1.82, 2.24) is 14.5 Å². The largest absolute Gasteiger partial charge is 0.243 e. The topological polar surface area (TPSA) is 63.2 Å². The predicted molar refractivity (Wildman–Crippen MR) is 126 cm³/mol. The van der Waals surface area contributed by atoms with Crippen LogP contribution in [0.1, 0.15) is 50.8 Å². The first-order chi connectivity index (χ1) is 16.1. The van der Waals surface area contributed by atoms with E-state index in [0.717, 1.165) is 24.1 Å². The summed E-state index contributed by atoms with van der Waals surface area (Å²) in [6, 6.07) is 13.9. The van der Waals surface area contributed by atoms with Gasteiger partial charge in [-0.15, -0.1) is 0 Å². The van der Waals surface area contributed by atoms with Crippen LogP contribution in [0.2, 0.25) is 0 Å². The Bertz CT molecular complexity index is 1340. The van der Waals surface area contributed by atoms with E-state index in [1.54, 1.807) is 36.4 Å². The molecule has 2 aliphatic carbocycles. The smallest absolute Gasteiger partial charge is 0.207 e. The lowest BCUT2D eigenvalue weighted by atomic mass is 9.68. The second kappa shape index (κ2) is 7.92. The Hall–Kier alpha value is -2.71. The molecule has 2 aromatic carbocycles. The summed E-state index contributed by atoms with van der Waals surface area (Å²) >= 11 is 0. The third-order valence-electron chi connectivity index (χ3n) is 8.02. The van der Waals surface area contributed by atoms with Gasteiger partial charge in [-0.05, 0) is 60.1 Å². The summed E-state index contributed by atoms with van der Waals surface area (Å²) in [6.07, 6.45) is 1.63. The second-order valence-corrected chi connectivity index (χ2v) is 11.7. The van der Waals surface area contributed by atoms with Crippen molar-refractivity contribution in [3.63, 3.8) is 0 Å². The van der Waals surface area contributed by atoms with Crippen molar-refractivity contribution in [3.05, 3.63) is 77.5 Å². The number of benzene rings is 2. The molecule has 2 bridgehead atoms. The van der Waals surface area contributed by atoms with Gasteiger partial charge < -0.3 is 0 Å². The minimum Gasteiger partial charge on any atom is -0.207 e. The van der Waals surface area contributed by atoms with E-state index in [4.69, 9.17) is 0 Å². The number of nitrogens with zero attached hydrogens (tertiary/aromatic N) is 3. The zero-order chi connectivity index (χ0) is 24.3. The molecule has 1 saturated carbocycles. The molecule has 1 fully saturated rings. The molecule has 5 rings (SSSR count). The molecule has 1 aromatic heterocycles. The minimum atomic E-state index is -3.70. The van der Waals surface area contributed by atoms with E-state index in [1.165, 1.54) is 22.5 Å². The average Bonchev–Trinajstić information content (AvgIpc) is 3.17. The Morgan fingerprint density at radius 1 is 1.03 bits per heavy atom. The first-order valence-corrected chi connectivity index (χ1v) is 12.9. The fraction of sp³-hybridized carbons (Fsp3) is 0.385. The highest BCUT2D eigenvalue weighted by Gasteiger charge is 2.64. The fourth-order valence-electron chi connectivity index (χ4n) is 6.05. The van der Waals surface area contributed by atoms with E-state index in [2.05, 4.69) is 24.0 Å². The third kappa shape index (κ3) is 3.15. The van der Waals surface area contributed by atoms with Gasteiger partial charge in [-0.2, -0.15) is 14.5 Å². The van der Waals surface area contributed by atoms with Gasteiger partial charge >= 0.3 is 0 Å². The summed E-state index contributed by atoms with van der Waals surface area (Å²) < 4.78 is 57.3. The summed E-state index contributed by atoms with van der Waals surface area (Å²) in [5.41, 5.74) is 0.805. The highest BCUT2D eigenvalue weighted by molar-refractivity contribution is 7.89. The number of likely N-dealkylation sites (N-methyl/N-ethyl adjacent to an activating group) is 1. The number of sulfonamides is 1. The maximum Gasteiger partial charge on any atom is 0.243 e. The lowest BCUT2D eigenvalue weighted by Crippen LogP contribution is -2.48. The molecule has 3 aromatic rings. The molecule has 5 nitrogen and oxygen atoms in total. The Kier molecular flexibility index (Phi) is 5.37. The van der Waals surface area contributed by atoms with Gasteiger partial charge in [-0.3, -0.25) is 0 Å². The van der Waals surface area contributed by atoms with Crippen molar-refractivity contribution in [2.75, 3.05) is 13.1 Å². The summed E-state index contributed by atoms with van der Waals surface area (Å²) in [4.78, 5) is 0.260. The summed E-state index contributed by atoms with van der Waals surface area (Å²) in [5, 5.41) is 8.73. The molecular weight excluding hydrogens is 456 g/mol. The Morgan fingerprint density at radius 2 is 1.71 bits per heavy atom. The van der Waals surface area contributed by atoms with Gasteiger partial charge in [0.2, 0.25) is 10.0 Å². The SMILES string of the molecule is CCN(C[C@@]12CC[C@@H](c3cc(-c4c(F)cccc4F)nnc31)C2(C)C)S(=O)(=O)c1ccccc1. The van der Waals surface area contributed by atoms with Crippen molar-refractivity contribution in [2.24, 2.45) is 5.41 Å². The molecule has 0 amide bonds. The molecule has 0 radical (unpaired) electrons. The highest BCUT2D eigenvalue weighted by atomic mass is 32.2. The molecule has 34 heavy (non-hydrogen) atoms. The lowest BCUT2D eigenvalue weighted by Gasteiger charge is -2.41. The molecule has 178 valence electrons. The predicted octanol–water partition coefficient (Wildman–Crippen LogP) is 5.29. The van der Waals surface area contributed by atoms with E-state index in [-0.39, 0.29) is 34.0 Å². The zero-order valence-electron chi connectivity index (χ0n) is 19.4. The molecule has 0 saturated heterocycles. The molecule has 0 spiro atoms. The first kappa shape index (κ1) is 23.1. The summed E-state index contributed by atoms with van der Waals surface area (Å²) in [5.74, 6) is -1.26. The monoisotopic (exact) mass is 483 g/mol. The van der Waals surface area contributed by atoms with Crippen LogP contribution in [0.25, 0.3) is 11.3 Å². The number of aromatic nitrogens is 2. The molecule has 1 heterocycles. The quantitative estimate of drug-likeness (QED) is 0.478. The van der Waals surface area contributed by atoms with Crippen LogP contribution in [-0.4, -0.2) is 36.0 Å². The number of hydrogen-bond acceptors (Lipinski definition) is 4. The van der Waals surface area contributed by atoms with Crippen LogP contribution in [0.15, 0.2) is 59.5 Å². The van der Waals surface area contributed by atoms with Gasteiger partial charge in [-0.25, -0.2) is 17.2 Å². The second-order valence-electron chi connectivity index (χ2n) is 9.77. The van der Waals surface area contributed by atoms with Crippen LogP contribution >= 0.6 is 0 Å². The Labute approximate surface area is 198 Å². The molecule has 8 heteroatoms. The third-order valence-corrected chi connectivity index (χ3v) is 9.95. The van der Waals surface area contributed by atoms with Gasteiger partial charge in [-0.1, -0.05) is 45.0 Å². The van der Waals surface area contributed by atoms with Gasteiger partial charge in [0.1, 0.15) is 11.6 Å². The maximum absolute atomic E-state index is 14.4. The molecular formula is C26H27F2N3O2S. The van der Waals surface area contributed by atoms with Crippen molar-refractivity contribution >= 4 is 10.0 Å². The molecule has 0 unspecified atom stereocenters. The van der Waals surface area contributed by atoms with Gasteiger partial charge in [0.25, 0.3) is 0 Å². The van der Waals surface area contributed by atoms with E-state index in [9.17, 15) is 17.2 Å². The van der Waals surface area contributed by atoms with Crippen LogP contribution in [0.5, 0.6) is 0 Å². The van der Waals surface area contributed by atoms with Gasteiger partial charge in [0, 0.05) is 18.5 Å². The number of rotatable bonds is 6. The van der Waals surface area contributed by atoms with Gasteiger partial charge in [0.15, 0.2) is 0 Å². The zero-order valence-corrected chi connectivity index (χ0v) is 20.2. The van der Waals surface area contributed by atoms with Gasteiger partial charge in [0.05, 0.1) is 21.8 Å². The molecule has 2 aliphatic rings. The van der Waals surface area contributed by atoms with Crippen LogP contribution in [0.4, 0.5) is 8.78 Å². The molecule has 2 atom stereocenters. The first-order valence-electron chi connectivity index (χ1n) is 11.5. The Morgan fingerprint density at radius 3 is 2.35 bits per heavy atom. The van der Waals surface area contributed by atoms with Crippen molar-refractivity contribution in [3.8, 4) is 11.3 Å². The van der Waals surface area contributed by atoms with Crippen LogP contribution in [0.3, 0.4) is 0 Å². The number of halogens is 2. The normalized spacial score (nSPS) is 22.8. The molecule has 0 aliphatic heterocycles. The van der Waals surface area contributed by atoms with E-state index in [1.807, 2.05) is 6.92 Å². The van der Waals surface area contributed by atoms with Crippen LogP contribution in [-0.2, 0) is 15.4 Å². The van der Waals surface area contributed by atoms with E-state index in [0.29, 0.717) is 6.54 Å². The van der Waals surface area contributed by atoms with E-state index >= 15 is 0 Å². The maximum atomic E-state index is 14.4. The highest BCUT2D eigenvalue weighted by Crippen LogP contribution is 2.67. The Balaban J connectivity index is 1.59. The van der Waals surface area contributed by atoms with Crippen molar-refractivity contribution < 1.29 is 17.2 Å². The number of fused-ring (bicyclic) bond motifs is 5. The fourth-order valence-corrected chi connectivity index (χ4v) is 7.58. The lowest BCUT2D eigenvalue weighted by molar-refractivity contribution is 0.169.